The van der Waals surface area contributed by atoms with Crippen molar-refractivity contribution in [3.05, 3.63) is 125 Å². The molecule has 0 bridgehead atoms. The van der Waals surface area contributed by atoms with Gasteiger partial charge >= 0.3 is 0 Å². The normalized spacial score (nSPS) is 15.5. The number of hydrogen-bond acceptors (Lipinski definition) is 4. The van der Waals surface area contributed by atoms with E-state index < -0.39 is 6.10 Å². The molecule has 1 saturated heterocycles. The van der Waals surface area contributed by atoms with Crippen LogP contribution < -0.4 is 4.74 Å². The summed E-state index contributed by atoms with van der Waals surface area (Å²) >= 11 is 0. The molecule has 1 heterocycles. The van der Waals surface area contributed by atoms with Gasteiger partial charge in [0.15, 0.2) is 0 Å². The van der Waals surface area contributed by atoms with Gasteiger partial charge in [0.1, 0.15) is 18.5 Å². The molecule has 4 nitrogen and oxygen atoms in total. The fourth-order valence-electron chi connectivity index (χ4n) is 5.36. The number of benzene rings is 4. The highest BCUT2D eigenvalue weighted by molar-refractivity contribution is 5.65. The molecule has 4 heteroatoms. The number of aliphatic hydroxyl groups is 1. The predicted octanol–water partition coefficient (Wildman–Crippen LogP) is 6.12. The van der Waals surface area contributed by atoms with Crippen molar-refractivity contribution in [3.8, 4) is 16.9 Å². The van der Waals surface area contributed by atoms with Crippen LogP contribution in [0.5, 0.6) is 5.75 Å². The zero-order valence-electron chi connectivity index (χ0n) is 22.5. The number of piperazine rings is 1. The third-order valence-corrected chi connectivity index (χ3v) is 7.46. The Bertz CT molecular complexity index is 1240. The molecule has 38 heavy (non-hydrogen) atoms. The van der Waals surface area contributed by atoms with Gasteiger partial charge in [0, 0.05) is 32.7 Å². The Morgan fingerprint density at radius 1 is 0.711 bits per heavy atom. The van der Waals surface area contributed by atoms with E-state index in [0.29, 0.717) is 13.2 Å². The van der Waals surface area contributed by atoms with Gasteiger partial charge < -0.3 is 9.84 Å². The Morgan fingerprint density at radius 3 is 1.87 bits per heavy atom. The van der Waals surface area contributed by atoms with E-state index >= 15 is 0 Å². The third kappa shape index (κ3) is 6.51. The molecule has 196 valence electrons. The molecule has 1 atom stereocenters. The molecule has 0 aliphatic carbocycles. The van der Waals surface area contributed by atoms with E-state index in [1.54, 1.807) is 0 Å². The summed E-state index contributed by atoms with van der Waals surface area (Å²) in [5.74, 6) is 0.832. The molecule has 0 spiro atoms. The average molecular weight is 507 g/mol. The van der Waals surface area contributed by atoms with Crippen LogP contribution in [0.1, 0.15) is 28.3 Å². The second-order valence-electron chi connectivity index (χ2n) is 10.4. The highest BCUT2D eigenvalue weighted by Crippen LogP contribution is 2.30. The summed E-state index contributed by atoms with van der Waals surface area (Å²) in [5.41, 5.74) is 7.36. The zero-order valence-corrected chi connectivity index (χ0v) is 22.5. The van der Waals surface area contributed by atoms with E-state index in [0.717, 1.165) is 37.5 Å². The van der Waals surface area contributed by atoms with E-state index in [2.05, 4.69) is 121 Å². The predicted molar refractivity (Wildman–Crippen MR) is 156 cm³/mol. The van der Waals surface area contributed by atoms with Crippen molar-refractivity contribution < 1.29 is 9.84 Å². The van der Waals surface area contributed by atoms with Crippen molar-refractivity contribution in [2.75, 3.05) is 39.3 Å². The third-order valence-electron chi connectivity index (χ3n) is 7.46. The molecule has 4 aromatic rings. The molecule has 0 unspecified atom stereocenters. The van der Waals surface area contributed by atoms with Crippen LogP contribution in [0.4, 0.5) is 0 Å². The topological polar surface area (TPSA) is 35.9 Å². The van der Waals surface area contributed by atoms with Crippen LogP contribution in [0.15, 0.2) is 103 Å². The average Bonchev–Trinajstić information content (AvgIpc) is 2.95. The monoisotopic (exact) mass is 506 g/mol. The smallest absolute Gasteiger partial charge is 0.122 e. The van der Waals surface area contributed by atoms with E-state index in [1.807, 2.05) is 6.07 Å². The maximum Gasteiger partial charge on any atom is 0.122 e. The number of hydrogen-bond donors (Lipinski definition) is 1. The van der Waals surface area contributed by atoms with Crippen molar-refractivity contribution in [2.45, 2.75) is 26.0 Å². The van der Waals surface area contributed by atoms with E-state index in [1.165, 1.54) is 27.8 Å². The molecule has 0 amide bonds. The van der Waals surface area contributed by atoms with Gasteiger partial charge in [-0.3, -0.25) is 9.80 Å². The molecular formula is C34H38N2O2. The quantitative estimate of drug-likeness (QED) is 0.297. The maximum absolute atomic E-state index is 10.8. The van der Waals surface area contributed by atoms with Crippen LogP contribution in [-0.2, 0) is 0 Å². The molecule has 1 fully saturated rings. The van der Waals surface area contributed by atoms with Crippen molar-refractivity contribution in [2.24, 2.45) is 0 Å². The van der Waals surface area contributed by atoms with Gasteiger partial charge in [-0.15, -0.1) is 0 Å². The van der Waals surface area contributed by atoms with E-state index in [9.17, 15) is 5.11 Å². The van der Waals surface area contributed by atoms with Crippen molar-refractivity contribution in [1.82, 2.24) is 9.80 Å². The summed E-state index contributed by atoms with van der Waals surface area (Å²) in [7, 11) is 0. The van der Waals surface area contributed by atoms with Crippen LogP contribution in [0.2, 0.25) is 0 Å². The van der Waals surface area contributed by atoms with Crippen molar-refractivity contribution in [3.63, 3.8) is 0 Å². The minimum Gasteiger partial charge on any atom is -0.491 e. The maximum atomic E-state index is 10.8. The number of rotatable bonds is 9. The Labute approximate surface area is 227 Å². The summed E-state index contributed by atoms with van der Waals surface area (Å²) < 4.78 is 6.04. The van der Waals surface area contributed by atoms with Gasteiger partial charge in [0.2, 0.25) is 0 Å². The van der Waals surface area contributed by atoms with Gasteiger partial charge in [-0.2, -0.15) is 0 Å². The standard InChI is InChI=1S/C34H38N2O2/c1-26-13-15-28(16-14-26)31-17-18-33(27(2)23-31)38-25-32(37)24-35-19-21-36(22-20-35)34(29-9-5-3-6-10-29)30-11-7-4-8-12-30/h3-18,23,32,34,37H,19-22,24-25H2,1-2H3/t32-/m1/s1. The lowest BCUT2D eigenvalue weighted by Crippen LogP contribution is -2.50. The van der Waals surface area contributed by atoms with Crippen LogP contribution in [-0.4, -0.2) is 60.3 Å². The van der Waals surface area contributed by atoms with Crippen molar-refractivity contribution in [1.29, 1.82) is 0 Å². The zero-order chi connectivity index (χ0) is 26.3. The summed E-state index contributed by atoms with van der Waals surface area (Å²) in [5, 5.41) is 10.8. The Morgan fingerprint density at radius 2 is 1.29 bits per heavy atom. The van der Waals surface area contributed by atoms with E-state index in [4.69, 9.17) is 4.74 Å². The van der Waals surface area contributed by atoms with Crippen LogP contribution >= 0.6 is 0 Å². The molecule has 0 aromatic heterocycles. The lowest BCUT2D eigenvalue weighted by Gasteiger charge is -2.40. The fraction of sp³-hybridized carbons (Fsp3) is 0.294. The summed E-state index contributed by atoms with van der Waals surface area (Å²) in [6.45, 7) is 8.85. The van der Waals surface area contributed by atoms with Crippen LogP contribution in [0.25, 0.3) is 11.1 Å². The molecule has 1 aliphatic rings. The summed E-state index contributed by atoms with van der Waals surface area (Å²) in [6, 6.07) is 36.6. The summed E-state index contributed by atoms with van der Waals surface area (Å²) in [6.07, 6.45) is -0.531. The lowest BCUT2D eigenvalue weighted by atomic mass is 9.96. The molecule has 1 N–H and O–H groups in total. The number of β-amino-alcohol motifs (C(OH)–C–C–N with tert-alkyl or cyclic N) is 1. The van der Waals surface area contributed by atoms with E-state index in [-0.39, 0.29) is 6.04 Å². The van der Waals surface area contributed by atoms with Gasteiger partial charge in [-0.25, -0.2) is 0 Å². The Balaban J connectivity index is 1.14. The molecule has 5 rings (SSSR count). The minimum absolute atomic E-state index is 0.249. The SMILES string of the molecule is Cc1ccc(-c2ccc(OC[C@H](O)CN3CCN(C(c4ccccc4)c4ccccc4)CC3)c(C)c2)cc1. The Kier molecular flexibility index (Phi) is 8.54. The number of aryl methyl sites for hydroxylation is 2. The first-order valence-electron chi connectivity index (χ1n) is 13.6. The number of nitrogens with zero attached hydrogens (tertiary/aromatic N) is 2. The second-order valence-corrected chi connectivity index (χ2v) is 10.4. The first kappa shape index (κ1) is 26.2. The second kappa shape index (κ2) is 12.4. The highest BCUT2D eigenvalue weighted by Gasteiger charge is 2.27. The molecular weight excluding hydrogens is 468 g/mol. The van der Waals surface area contributed by atoms with Gasteiger partial charge in [-0.1, -0.05) is 96.6 Å². The first-order chi connectivity index (χ1) is 18.6. The minimum atomic E-state index is -0.531. The van der Waals surface area contributed by atoms with Gasteiger partial charge in [0.25, 0.3) is 0 Å². The number of ether oxygens (including phenoxy) is 1. The molecule has 0 radical (unpaired) electrons. The lowest BCUT2D eigenvalue weighted by molar-refractivity contribution is 0.0399. The first-order valence-corrected chi connectivity index (χ1v) is 13.6. The largest absolute Gasteiger partial charge is 0.491 e. The summed E-state index contributed by atoms with van der Waals surface area (Å²) in [4.78, 5) is 4.91. The van der Waals surface area contributed by atoms with Crippen LogP contribution in [0, 0.1) is 13.8 Å². The highest BCUT2D eigenvalue weighted by atomic mass is 16.5. The van der Waals surface area contributed by atoms with Gasteiger partial charge in [-0.05, 0) is 53.8 Å². The Hall–Kier alpha value is -3.44. The van der Waals surface area contributed by atoms with Gasteiger partial charge in [0.05, 0.1) is 6.04 Å². The van der Waals surface area contributed by atoms with Crippen LogP contribution in [0.3, 0.4) is 0 Å². The molecule has 1 aliphatic heterocycles. The molecule has 4 aromatic carbocycles. The van der Waals surface area contributed by atoms with Crippen molar-refractivity contribution >= 4 is 0 Å². The number of aliphatic hydroxyl groups excluding tert-OH is 1. The fourth-order valence-corrected chi connectivity index (χ4v) is 5.36. The molecule has 0 saturated carbocycles.